The Morgan fingerprint density at radius 3 is 2.50 bits per heavy atom. The lowest BCUT2D eigenvalue weighted by molar-refractivity contribution is -0.143. The third-order valence-electron chi connectivity index (χ3n) is 2.80. The van der Waals surface area contributed by atoms with Crippen LogP contribution in [0.15, 0.2) is 30.6 Å². The van der Waals surface area contributed by atoms with Crippen LogP contribution in [0, 0.1) is 11.8 Å². The average Bonchev–Trinajstić information content (AvgIpc) is 2.81. The highest BCUT2D eigenvalue weighted by molar-refractivity contribution is 5.86. The lowest BCUT2D eigenvalue weighted by atomic mass is 9.82. The largest absolute Gasteiger partial charge is 0.481 e. The Kier molecular flexibility index (Phi) is 2.85. The second kappa shape index (κ2) is 4.30. The first kappa shape index (κ1) is 10.6. The van der Waals surface area contributed by atoms with Gasteiger partial charge in [-0.2, -0.15) is 5.10 Å². The van der Waals surface area contributed by atoms with Crippen LogP contribution in [-0.4, -0.2) is 26.8 Å². The van der Waals surface area contributed by atoms with Gasteiger partial charge in [0.1, 0.15) is 0 Å². The van der Waals surface area contributed by atoms with Gasteiger partial charge in [-0.05, 0) is 18.9 Å². The number of rotatable bonds is 2. The van der Waals surface area contributed by atoms with Gasteiger partial charge in [-0.1, -0.05) is 12.2 Å². The Labute approximate surface area is 92.4 Å². The molecule has 0 fully saturated rings. The number of hydrogen-bond donors (Lipinski definition) is 1. The van der Waals surface area contributed by atoms with Gasteiger partial charge in [0.15, 0.2) is 0 Å². The summed E-state index contributed by atoms with van der Waals surface area (Å²) in [6, 6.07) is 1.65. The summed E-state index contributed by atoms with van der Waals surface area (Å²) in [5.41, 5.74) is 0. The van der Waals surface area contributed by atoms with Gasteiger partial charge in [-0.25, -0.2) is 4.68 Å². The van der Waals surface area contributed by atoms with Gasteiger partial charge >= 0.3 is 5.97 Å². The molecular formula is C11H12N2O3. The van der Waals surface area contributed by atoms with E-state index in [-0.39, 0.29) is 5.91 Å². The van der Waals surface area contributed by atoms with E-state index in [0.717, 1.165) is 0 Å². The molecule has 0 spiro atoms. The molecule has 1 aliphatic rings. The van der Waals surface area contributed by atoms with Gasteiger partial charge in [0.25, 0.3) is 5.91 Å². The minimum absolute atomic E-state index is 0.248. The van der Waals surface area contributed by atoms with Crippen molar-refractivity contribution in [3.05, 3.63) is 30.6 Å². The highest BCUT2D eigenvalue weighted by Crippen LogP contribution is 2.27. The van der Waals surface area contributed by atoms with Crippen molar-refractivity contribution in [3.63, 3.8) is 0 Å². The number of aliphatic carboxylic acids is 1. The van der Waals surface area contributed by atoms with Gasteiger partial charge in [-0.15, -0.1) is 0 Å². The molecule has 0 amide bonds. The van der Waals surface area contributed by atoms with E-state index in [1.165, 1.54) is 10.9 Å². The van der Waals surface area contributed by atoms with Crippen LogP contribution < -0.4 is 0 Å². The van der Waals surface area contributed by atoms with Gasteiger partial charge in [0, 0.05) is 12.4 Å². The molecular weight excluding hydrogens is 208 g/mol. The summed E-state index contributed by atoms with van der Waals surface area (Å²) in [5, 5.41) is 12.9. The maximum atomic E-state index is 12.0. The molecule has 2 atom stereocenters. The van der Waals surface area contributed by atoms with E-state index in [9.17, 15) is 9.59 Å². The molecule has 2 rings (SSSR count). The van der Waals surface area contributed by atoms with Crippen LogP contribution in [0.25, 0.3) is 0 Å². The maximum Gasteiger partial charge on any atom is 0.307 e. The van der Waals surface area contributed by atoms with Gasteiger partial charge < -0.3 is 5.11 Å². The van der Waals surface area contributed by atoms with E-state index in [4.69, 9.17) is 5.11 Å². The molecule has 1 aromatic rings. The minimum Gasteiger partial charge on any atom is -0.481 e. The fourth-order valence-electron chi connectivity index (χ4n) is 1.93. The van der Waals surface area contributed by atoms with Gasteiger partial charge in [-0.3, -0.25) is 9.59 Å². The van der Waals surface area contributed by atoms with E-state index in [1.807, 2.05) is 12.2 Å². The Morgan fingerprint density at radius 1 is 1.25 bits per heavy atom. The molecule has 0 saturated carbocycles. The molecule has 5 nitrogen and oxygen atoms in total. The highest BCUT2D eigenvalue weighted by Gasteiger charge is 2.34. The Balaban J connectivity index is 2.22. The fraction of sp³-hybridized carbons (Fsp3) is 0.364. The van der Waals surface area contributed by atoms with Crippen LogP contribution in [0.1, 0.15) is 17.6 Å². The number of allylic oxidation sites excluding steroid dienone is 2. The van der Waals surface area contributed by atoms with Gasteiger partial charge in [0.05, 0.1) is 11.8 Å². The van der Waals surface area contributed by atoms with Crippen LogP contribution in [0.2, 0.25) is 0 Å². The molecule has 1 aromatic heterocycles. The first-order valence-electron chi connectivity index (χ1n) is 5.12. The molecule has 0 saturated heterocycles. The lowest BCUT2D eigenvalue weighted by Crippen LogP contribution is -2.34. The van der Waals surface area contributed by atoms with Gasteiger partial charge in [0.2, 0.25) is 0 Å². The van der Waals surface area contributed by atoms with E-state index in [2.05, 4.69) is 5.10 Å². The zero-order valence-corrected chi connectivity index (χ0v) is 8.61. The fourth-order valence-corrected chi connectivity index (χ4v) is 1.93. The lowest BCUT2D eigenvalue weighted by Gasteiger charge is -2.23. The summed E-state index contributed by atoms with van der Waals surface area (Å²) in [4.78, 5) is 23.0. The zero-order valence-electron chi connectivity index (χ0n) is 8.61. The molecule has 0 radical (unpaired) electrons. The summed E-state index contributed by atoms with van der Waals surface area (Å²) in [5.74, 6) is -2.32. The van der Waals surface area contributed by atoms with E-state index in [1.54, 1.807) is 12.3 Å². The zero-order chi connectivity index (χ0) is 11.5. The standard InChI is InChI=1S/C11H12N2O3/c14-10(13-7-3-6-12-13)8-4-1-2-5-9(8)11(15)16/h1-3,6-9H,4-5H2,(H,15,16)/t8-,9-/m0/s1. The SMILES string of the molecule is O=C(O)[C@H]1CC=CC[C@@H]1C(=O)n1cccn1. The molecule has 16 heavy (non-hydrogen) atoms. The molecule has 0 aliphatic heterocycles. The molecule has 0 aromatic carbocycles. The van der Waals surface area contributed by atoms with Crippen LogP contribution in [0.5, 0.6) is 0 Å². The predicted molar refractivity (Wildman–Crippen MR) is 55.8 cm³/mol. The van der Waals surface area contributed by atoms with Crippen molar-refractivity contribution in [2.75, 3.05) is 0 Å². The average molecular weight is 220 g/mol. The van der Waals surface area contributed by atoms with Crippen molar-refractivity contribution >= 4 is 11.9 Å². The third-order valence-corrected chi connectivity index (χ3v) is 2.80. The quantitative estimate of drug-likeness (QED) is 0.760. The normalized spacial score (nSPS) is 24.2. The number of carbonyl (C=O) groups is 2. The number of aromatic nitrogens is 2. The number of carboxylic acids is 1. The van der Waals surface area contributed by atoms with Crippen LogP contribution in [-0.2, 0) is 4.79 Å². The topological polar surface area (TPSA) is 72.2 Å². The molecule has 84 valence electrons. The van der Waals surface area contributed by atoms with Crippen molar-refractivity contribution < 1.29 is 14.7 Å². The van der Waals surface area contributed by atoms with Crippen molar-refractivity contribution in [1.82, 2.24) is 9.78 Å². The smallest absolute Gasteiger partial charge is 0.307 e. The number of carboxylic acid groups (broad SMARTS) is 1. The van der Waals surface area contributed by atoms with E-state index in [0.29, 0.717) is 12.8 Å². The van der Waals surface area contributed by atoms with Crippen LogP contribution >= 0.6 is 0 Å². The summed E-state index contributed by atoms with van der Waals surface area (Å²) < 4.78 is 1.21. The predicted octanol–water partition coefficient (Wildman–Crippen LogP) is 1.19. The molecule has 1 heterocycles. The molecule has 5 heteroatoms. The second-order valence-electron chi connectivity index (χ2n) is 3.78. The number of hydrogen-bond acceptors (Lipinski definition) is 3. The summed E-state index contributed by atoms with van der Waals surface area (Å²) in [6.07, 6.45) is 7.59. The van der Waals surface area contributed by atoms with E-state index >= 15 is 0 Å². The monoisotopic (exact) mass is 220 g/mol. The first-order chi connectivity index (χ1) is 7.70. The maximum absolute atomic E-state index is 12.0. The first-order valence-corrected chi connectivity index (χ1v) is 5.12. The van der Waals surface area contributed by atoms with Crippen molar-refractivity contribution in [2.24, 2.45) is 11.8 Å². The highest BCUT2D eigenvalue weighted by atomic mass is 16.4. The summed E-state index contributed by atoms with van der Waals surface area (Å²) in [6.45, 7) is 0. The summed E-state index contributed by atoms with van der Waals surface area (Å²) in [7, 11) is 0. The number of carbonyl (C=O) groups excluding carboxylic acids is 1. The molecule has 0 unspecified atom stereocenters. The van der Waals surface area contributed by atoms with E-state index < -0.39 is 17.8 Å². The molecule has 0 bridgehead atoms. The Hall–Kier alpha value is -1.91. The molecule has 1 N–H and O–H groups in total. The third kappa shape index (κ3) is 1.88. The van der Waals surface area contributed by atoms with Crippen molar-refractivity contribution in [2.45, 2.75) is 12.8 Å². The Bertz CT molecular complexity index is 422. The second-order valence-corrected chi connectivity index (χ2v) is 3.78. The number of nitrogens with zero attached hydrogens (tertiary/aromatic N) is 2. The van der Waals surface area contributed by atoms with Crippen LogP contribution in [0.4, 0.5) is 0 Å². The molecule has 1 aliphatic carbocycles. The Morgan fingerprint density at radius 2 is 1.94 bits per heavy atom. The van der Waals surface area contributed by atoms with Crippen molar-refractivity contribution in [1.29, 1.82) is 0 Å². The summed E-state index contributed by atoms with van der Waals surface area (Å²) >= 11 is 0. The minimum atomic E-state index is -0.921. The van der Waals surface area contributed by atoms with Crippen LogP contribution in [0.3, 0.4) is 0 Å². The van der Waals surface area contributed by atoms with Crippen molar-refractivity contribution in [3.8, 4) is 0 Å².